The Hall–Kier alpha value is -1.26. The summed E-state index contributed by atoms with van der Waals surface area (Å²) in [6, 6.07) is 6.39. The molecule has 1 aromatic heterocycles. The largest absolute Gasteiger partial charge is 0.310 e. The zero-order valence-corrected chi connectivity index (χ0v) is 10.9. The van der Waals surface area contributed by atoms with Crippen LogP contribution in [0.25, 0.3) is 0 Å². The molecule has 96 valence electrons. The fourth-order valence-electron chi connectivity index (χ4n) is 1.78. The van der Waals surface area contributed by atoms with Gasteiger partial charge in [-0.2, -0.15) is 11.3 Å². The molecular weight excluding hydrogens is 252 g/mol. The van der Waals surface area contributed by atoms with Gasteiger partial charge in [-0.05, 0) is 53.4 Å². The van der Waals surface area contributed by atoms with E-state index in [2.05, 4.69) is 29.1 Å². The van der Waals surface area contributed by atoms with Crippen molar-refractivity contribution in [3.63, 3.8) is 0 Å². The smallest absolute Gasteiger partial charge is 0.159 e. The zero-order chi connectivity index (χ0) is 13.0. The molecule has 4 heteroatoms. The van der Waals surface area contributed by atoms with Gasteiger partial charge < -0.3 is 5.32 Å². The maximum absolute atomic E-state index is 13.0. The molecule has 0 saturated carbocycles. The third-order valence-electron chi connectivity index (χ3n) is 2.76. The van der Waals surface area contributed by atoms with Crippen LogP contribution in [-0.2, 0) is 13.0 Å². The highest BCUT2D eigenvalue weighted by atomic mass is 32.1. The maximum atomic E-state index is 13.0. The van der Waals surface area contributed by atoms with Crippen molar-refractivity contribution in [3.05, 3.63) is 57.8 Å². The van der Waals surface area contributed by atoms with Crippen LogP contribution < -0.4 is 5.32 Å². The average molecular weight is 267 g/mol. The molecule has 1 unspecified atom stereocenters. The van der Waals surface area contributed by atoms with Gasteiger partial charge >= 0.3 is 0 Å². The molecule has 0 fully saturated rings. The number of hydrogen-bond donors (Lipinski definition) is 1. The minimum atomic E-state index is -0.801. The molecule has 0 aliphatic carbocycles. The van der Waals surface area contributed by atoms with Crippen molar-refractivity contribution in [2.75, 3.05) is 0 Å². The summed E-state index contributed by atoms with van der Waals surface area (Å²) in [5.74, 6) is -1.59. The van der Waals surface area contributed by atoms with E-state index in [1.54, 1.807) is 17.4 Å². The van der Waals surface area contributed by atoms with Gasteiger partial charge in [0.1, 0.15) is 0 Å². The zero-order valence-electron chi connectivity index (χ0n) is 10.1. The standard InChI is InChI=1S/C14H15F2NS/c1-10(6-12-4-5-18-9-12)17-8-11-2-3-13(15)14(16)7-11/h2-5,7,9-10,17H,6,8H2,1H3. The predicted molar refractivity (Wildman–Crippen MR) is 70.7 cm³/mol. The van der Waals surface area contributed by atoms with Gasteiger partial charge in [0, 0.05) is 12.6 Å². The Morgan fingerprint density at radius 1 is 1.17 bits per heavy atom. The van der Waals surface area contributed by atoms with E-state index in [0.717, 1.165) is 18.1 Å². The Morgan fingerprint density at radius 2 is 2.00 bits per heavy atom. The first-order valence-corrected chi connectivity index (χ1v) is 6.78. The van der Waals surface area contributed by atoms with E-state index in [0.29, 0.717) is 12.6 Å². The summed E-state index contributed by atoms with van der Waals surface area (Å²) in [6.07, 6.45) is 0.938. The summed E-state index contributed by atoms with van der Waals surface area (Å²) < 4.78 is 25.8. The normalized spacial score (nSPS) is 12.6. The lowest BCUT2D eigenvalue weighted by Gasteiger charge is -2.13. The molecule has 1 nitrogen and oxygen atoms in total. The van der Waals surface area contributed by atoms with E-state index < -0.39 is 11.6 Å². The molecule has 1 N–H and O–H groups in total. The van der Waals surface area contributed by atoms with Gasteiger partial charge in [-0.25, -0.2) is 8.78 Å². The Labute approximate surface area is 109 Å². The van der Waals surface area contributed by atoms with Crippen molar-refractivity contribution >= 4 is 11.3 Å². The number of nitrogens with one attached hydrogen (secondary N) is 1. The molecular formula is C14H15F2NS. The molecule has 18 heavy (non-hydrogen) atoms. The maximum Gasteiger partial charge on any atom is 0.159 e. The van der Waals surface area contributed by atoms with E-state index in [1.807, 2.05) is 0 Å². The van der Waals surface area contributed by atoms with E-state index in [1.165, 1.54) is 11.6 Å². The van der Waals surface area contributed by atoms with Gasteiger partial charge in [0.2, 0.25) is 0 Å². The van der Waals surface area contributed by atoms with Crippen molar-refractivity contribution in [3.8, 4) is 0 Å². The quantitative estimate of drug-likeness (QED) is 0.870. The van der Waals surface area contributed by atoms with Crippen LogP contribution in [0.4, 0.5) is 8.78 Å². The topological polar surface area (TPSA) is 12.0 Å². The van der Waals surface area contributed by atoms with Crippen molar-refractivity contribution in [2.24, 2.45) is 0 Å². The molecule has 0 radical (unpaired) electrons. The Kier molecular flexibility index (Phi) is 4.44. The first-order chi connectivity index (χ1) is 8.65. The second kappa shape index (κ2) is 6.07. The Balaban J connectivity index is 1.85. The van der Waals surface area contributed by atoms with Crippen LogP contribution in [0.1, 0.15) is 18.1 Å². The van der Waals surface area contributed by atoms with Gasteiger partial charge in [-0.1, -0.05) is 6.07 Å². The molecule has 0 saturated heterocycles. The van der Waals surface area contributed by atoms with Crippen LogP contribution in [-0.4, -0.2) is 6.04 Å². The molecule has 0 aliphatic rings. The predicted octanol–water partition coefficient (Wildman–Crippen LogP) is 3.75. The SMILES string of the molecule is CC(Cc1ccsc1)NCc1ccc(F)c(F)c1. The molecule has 2 aromatic rings. The van der Waals surface area contributed by atoms with Crippen molar-refractivity contribution in [1.29, 1.82) is 0 Å². The molecule has 0 spiro atoms. The van der Waals surface area contributed by atoms with Crippen LogP contribution in [0.15, 0.2) is 35.0 Å². The summed E-state index contributed by atoms with van der Waals surface area (Å²) in [7, 11) is 0. The molecule has 1 heterocycles. The molecule has 1 aromatic carbocycles. The second-order valence-electron chi connectivity index (χ2n) is 4.37. The number of halogens is 2. The molecule has 1 atom stereocenters. The summed E-state index contributed by atoms with van der Waals surface area (Å²) in [6.45, 7) is 2.63. The summed E-state index contributed by atoms with van der Waals surface area (Å²) in [4.78, 5) is 0. The van der Waals surface area contributed by atoms with Crippen molar-refractivity contribution in [2.45, 2.75) is 25.9 Å². The lowest BCUT2D eigenvalue weighted by Crippen LogP contribution is -2.27. The van der Waals surface area contributed by atoms with E-state index >= 15 is 0 Å². The van der Waals surface area contributed by atoms with Crippen LogP contribution in [0.5, 0.6) is 0 Å². The third-order valence-corrected chi connectivity index (χ3v) is 3.49. The summed E-state index contributed by atoms with van der Waals surface area (Å²) in [5.41, 5.74) is 2.05. The van der Waals surface area contributed by atoms with E-state index in [9.17, 15) is 8.78 Å². The molecule has 2 rings (SSSR count). The Bertz CT molecular complexity index is 497. The number of benzene rings is 1. The van der Waals surface area contributed by atoms with Crippen LogP contribution >= 0.6 is 11.3 Å². The monoisotopic (exact) mass is 267 g/mol. The summed E-state index contributed by atoms with van der Waals surface area (Å²) in [5, 5.41) is 7.47. The molecule has 0 aliphatic heterocycles. The van der Waals surface area contributed by atoms with Crippen molar-refractivity contribution in [1.82, 2.24) is 5.32 Å². The van der Waals surface area contributed by atoms with Gasteiger partial charge in [0.05, 0.1) is 0 Å². The number of thiophene rings is 1. The highest BCUT2D eigenvalue weighted by molar-refractivity contribution is 7.07. The fraction of sp³-hybridized carbons (Fsp3) is 0.286. The van der Waals surface area contributed by atoms with Crippen LogP contribution in [0.3, 0.4) is 0 Å². The first-order valence-electron chi connectivity index (χ1n) is 5.83. The van der Waals surface area contributed by atoms with Gasteiger partial charge in [-0.15, -0.1) is 0 Å². The Morgan fingerprint density at radius 3 is 2.67 bits per heavy atom. The van der Waals surface area contributed by atoms with Gasteiger partial charge in [0.25, 0.3) is 0 Å². The molecule has 0 amide bonds. The number of hydrogen-bond acceptors (Lipinski definition) is 2. The van der Waals surface area contributed by atoms with Gasteiger partial charge in [-0.3, -0.25) is 0 Å². The molecule has 0 bridgehead atoms. The lowest BCUT2D eigenvalue weighted by atomic mass is 10.1. The average Bonchev–Trinajstić information content (AvgIpc) is 2.83. The first kappa shape index (κ1) is 13.2. The summed E-state index contributed by atoms with van der Waals surface area (Å²) >= 11 is 1.68. The van der Waals surface area contributed by atoms with Crippen molar-refractivity contribution < 1.29 is 8.78 Å². The van der Waals surface area contributed by atoms with Gasteiger partial charge in [0.15, 0.2) is 11.6 Å². The highest BCUT2D eigenvalue weighted by Crippen LogP contribution is 2.11. The minimum Gasteiger partial charge on any atom is -0.310 e. The minimum absolute atomic E-state index is 0.299. The third kappa shape index (κ3) is 3.62. The van der Waals surface area contributed by atoms with E-state index in [-0.39, 0.29) is 0 Å². The van der Waals surface area contributed by atoms with Crippen LogP contribution in [0, 0.1) is 11.6 Å². The highest BCUT2D eigenvalue weighted by Gasteiger charge is 2.06. The van der Waals surface area contributed by atoms with Crippen LogP contribution in [0.2, 0.25) is 0 Å². The number of rotatable bonds is 5. The fourth-order valence-corrected chi connectivity index (χ4v) is 2.46. The lowest BCUT2D eigenvalue weighted by molar-refractivity contribution is 0.502. The second-order valence-corrected chi connectivity index (χ2v) is 5.15. The van der Waals surface area contributed by atoms with E-state index in [4.69, 9.17) is 0 Å².